The Morgan fingerprint density at radius 3 is 2.57 bits per heavy atom. The van der Waals surface area contributed by atoms with Crippen molar-refractivity contribution < 1.29 is 9.53 Å². The molecule has 1 N–H and O–H groups in total. The van der Waals surface area contributed by atoms with Gasteiger partial charge in [0.15, 0.2) is 0 Å². The van der Waals surface area contributed by atoms with Crippen molar-refractivity contribution in [1.82, 2.24) is 5.32 Å². The van der Waals surface area contributed by atoms with E-state index < -0.39 is 0 Å². The Labute approximate surface area is 85.2 Å². The third kappa shape index (κ3) is 2.08. The van der Waals surface area contributed by atoms with Gasteiger partial charge < -0.3 is 10.1 Å². The second kappa shape index (κ2) is 4.30. The summed E-state index contributed by atoms with van der Waals surface area (Å²) in [5.74, 6) is 1.01. The molecule has 80 valence electrons. The molecule has 0 aromatic rings. The molecule has 2 aliphatic rings. The molecule has 3 heteroatoms. The van der Waals surface area contributed by atoms with E-state index in [0.717, 1.165) is 19.4 Å². The van der Waals surface area contributed by atoms with Crippen LogP contribution in [-0.4, -0.2) is 25.2 Å². The van der Waals surface area contributed by atoms with Crippen molar-refractivity contribution in [3.8, 4) is 0 Å². The Morgan fingerprint density at radius 2 is 2.00 bits per heavy atom. The predicted octanol–water partition coefficient (Wildman–Crippen LogP) is 1.33. The second-order valence-corrected chi connectivity index (χ2v) is 4.61. The Hall–Kier alpha value is -0.570. The molecule has 2 unspecified atom stereocenters. The summed E-state index contributed by atoms with van der Waals surface area (Å²) in [7, 11) is 0. The van der Waals surface area contributed by atoms with Gasteiger partial charge in [0.2, 0.25) is 5.91 Å². The smallest absolute Gasteiger partial charge is 0.223 e. The molecule has 1 aliphatic heterocycles. The summed E-state index contributed by atoms with van der Waals surface area (Å²) in [4.78, 5) is 11.8. The maximum atomic E-state index is 11.8. The van der Waals surface area contributed by atoms with Gasteiger partial charge in [-0.05, 0) is 12.8 Å². The molecule has 1 amide bonds. The standard InChI is InChI=1S/C11H19NO2/c1-8-6-14-7-10(8)12-11(13)9-4-2-3-5-9/h8-10H,2-7H2,1H3,(H,12,13). The average molecular weight is 197 g/mol. The number of ether oxygens (including phenoxy) is 1. The summed E-state index contributed by atoms with van der Waals surface area (Å²) in [6.07, 6.45) is 4.59. The highest BCUT2D eigenvalue weighted by Crippen LogP contribution is 2.25. The van der Waals surface area contributed by atoms with Crippen LogP contribution >= 0.6 is 0 Å². The van der Waals surface area contributed by atoms with Crippen LogP contribution < -0.4 is 5.32 Å². The number of rotatable bonds is 2. The summed E-state index contributed by atoms with van der Waals surface area (Å²) in [5.41, 5.74) is 0. The average Bonchev–Trinajstić information content (AvgIpc) is 2.77. The van der Waals surface area contributed by atoms with Crippen LogP contribution in [0.2, 0.25) is 0 Å². The molecule has 2 atom stereocenters. The molecule has 3 nitrogen and oxygen atoms in total. The lowest BCUT2D eigenvalue weighted by Gasteiger charge is -2.18. The van der Waals surface area contributed by atoms with Crippen LogP contribution in [0.25, 0.3) is 0 Å². The van der Waals surface area contributed by atoms with Crippen molar-refractivity contribution in [3.05, 3.63) is 0 Å². The van der Waals surface area contributed by atoms with Gasteiger partial charge in [-0.2, -0.15) is 0 Å². The first-order chi connectivity index (χ1) is 6.77. The Kier molecular flexibility index (Phi) is 3.06. The van der Waals surface area contributed by atoms with E-state index in [0.29, 0.717) is 12.5 Å². The molecule has 1 saturated carbocycles. The molecule has 1 aliphatic carbocycles. The van der Waals surface area contributed by atoms with Gasteiger partial charge in [0, 0.05) is 11.8 Å². The normalized spacial score (nSPS) is 33.5. The van der Waals surface area contributed by atoms with Gasteiger partial charge in [0.25, 0.3) is 0 Å². The molecule has 1 heterocycles. The predicted molar refractivity (Wildman–Crippen MR) is 53.9 cm³/mol. The molecule has 0 aromatic carbocycles. The molecule has 14 heavy (non-hydrogen) atoms. The molecule has 1 saturated heterocycles. The van der Waals surface area contributed by atoms with Gasteiger partial charge >= 0.3 is 0 Å². The van der Waals surface area contributed by atoms with Crippen LogP contribution in [0.1, 0.15) is 32.6 Å². The van der Waals surface area contributed by atoms with Crippen molar-refractivity contribution in [2.45, 2.75) is 38.6 Å². The Balaban J connectivity index is 1.81. The number of hydrogen-bond donors (Lipinski definition) is 1. The number of carbonyl (C=O) groups excluding carboxylic acids is 1. The first kappa shape index (κ1) is 9.97. The molecule has 0 bridgehead atoms. The third-order valence-corrected chi connectivity index (χ3v) is 3.42. The molecular weight excluding hydrogens is 178 g/mol. The lowest BCUT2D eigenvalue weighted by molar-refractivity contribution is -0.125. The van der Waals surface area contributed by atoms with Crippen LogP contribution in [0.4, 0.5) is 0 Å². The van der Waals surface area contributed by atoms with E-state index in [9.17, 15) is 4.79 Å². The highest BCUT2D eigenvalue weighted by atomic mass is 16.5. The zero-order valence-electron chi connectivity index (χ0n) is 8.79. The number of amides is 1. The first-order valence-corrected chi connectivity index (χ1v) is 5.65. The highest BCUT2D eigenvalue weighted by Gasteiger charge is 2.29. The molecule has 0 aromatic heterocycles. The van der Waals surface area contributed by atoms with Crippen LogP contribution in [0.5, 0.6) is 0 Å². The molecule has 2 fully saturated rings. The van der Waals surface area contributed by atoms with Crippen molar-refractivity contribution in [2.24, 2.45) is 11.8 Å². The lowest BCUT2D eigenvalue weighted by Crippen LogP contribution is -2.41. The summed E-state index contributed by atoms with van der Waals surface area (Å²) in [6.45, 7) is 3.61. The number of nitrogens with one attached hydrogen (secondary N) is 1. The van der Waals surface area contributed by atoms with Crippen LogP contribution in [0.15, 0.2) is 0 Å². The molecule has 0 radical (unpaired) electrons. The minimum Gasteiger partial charge on any atom is -0.379 e. The fourth-order valence-electron chi connectivity index (χ4n) is 2.33. The van der Waals surface area contributed by atoms with Gasteiger partial charge in [-0.25, -0.2) is 0 Å². The van der Waals surface area contributed by atoms with Crippen LogP contribution in [0, 0.1) is 11.8 Å². The lowest BCUT2D eigenvalue weighted by atomic mass is 10.0. The van der Waals surface area contributed by atoms with Crippen LogP contribution in [0.3, 0.4) is 0 Å². The number of carbonyl (C=O) groups is 1. The van der Waals surface area contributed by atoms with Crippen molar-refractivity contribution >= 4 is 5.91 Å². The summed E-state index contributed by atoms with van der Waals surface area (Å²) in [6, 6.07) is 0.253. The molecular formula is C11H19NO2. The highest BCUT2D eigenvalue weighted by molar-refractivity contribution is 5.79. The van der Waals surface area contributed by atoms with Gasteiger partial charge in [-0.15, -0.1) is 0 Å². The summed E-state index contributed by atoms with van der Waals surface area (Å²) in [5, 5.41) is 3.11. The Bertz CT molecular complexity index is 211. The van der Waals surface area contributed by atoms with Crippen molar-refractivity contribution in [1.29, 1.82) is 0 Å². The zero-order chi connectivity index (χ0) is 9.97. The largest absolute Gasteiger partial charge is 0.379 e. The molecule has 0 spiro atoms. The van der Waals surface area contributed by atoms with Crippen LogP contribution in [-0.2, 0) is 9.53 Å². The van der Waals surface area contributed by atoms with Gasteiger partial charge in [-0.3, -0.25) is 4.79 Å². The zero-order valence-corrected chi connectivity index (χ0v) is 8.79. The van der Waals surface area contributed by atoms with Gasteiger partial charge in [0.05, 0.1) is 19.3 Å². The van der Waals surface area contributed by atoms with Gasteiger partial charge in [-0.1, -0.05) is 19.8 Å². The van der Waals surface area contributed by atoms with Crippen molar-refractivity contribution in [3.63, 3.8) is 0 Å². The second-order valence-electron chi connectivity index (χ2n) is 4.61. The van der Waals surface area contributed by atoms with E-state index in [1.54, 1.807) is 0 Å². The number of hydrogen-bond acceptors (Lipinski definition) is 2. The first-order valence-electron chi connectivity index (χ1n) is 5.65. The summed E-state index contributed by atoms with van der Waals surface area (Å²) >= 11 is 0. The maximum Gasteiger partial charge on any atom is 0.223 e. The minimum absolute atomic E-state index is 0.253. The van der Waals surface area contributed by atoms with E-state index in [1.807, 2.05) is 0 Å². The third-order valence-electron chi connectivity index (χ3n) is 3.42. The maximum absolute atomic E-state index is 11.8. The topological polar surface area (TPSA) is 38.3 Å². The Morgan fingerprint density at radius 1 is 1.29 bits per heavy atom. The quantitative estimate of drug-likeness (QED) is 0.725. The van der Waals surface area contributed by atoms with E-state index in [4.69, 9.17) is 4.74 Å². The fourth-order valence-corrected chi connectivity index (χ4v) is 2.33. The van der Waals surface area contributed by atoms with Gasteiger partial charge in [0.1, 0.15) is 0 Å². The SMILES string of the molecule is CC1COCC1NC(=O)C1CCCC1. The van der Waals surface area contributed by atoms with E-state index >= 15 is 0 Å². The monoisotopic (exact) mass is 197 g/mol. The van der Waals surface area contributed by atoms with E-state index in [1.165, 1.54) is 12.8 Å². The minimum atomic E-state index is 0.253. The molecule has 2 rings (SSSR count). The fraction of sp³-hybridized carbons (Fsp3) is 0.909. The summed E-state index contributed by atoms with van der Waals surface area (Å²) < 4.78 is 5.32. The van der Waals surface area contributed by atoms with Crippen molar-refractivity contribution in [2.75, 3.05) is 13.2 Å². The van der Waals surface area contributed by atoms with E-state index in [-0.39, 0.29) is 17.9 Å². The van der Waals surface area contributed by atoms with E-state index in [2.05, 4.69) is 12.2 Å².